The molecule has 0 fully saturated rings. The Morgan fingerprint density at radius 1 is 1.34 bits per heavy atom. The van der Waals surface area contributed by atoms with E-state index in [-0.39, 0.29) is 16.8 Å². The summed E-state index contributed by atoms with van der Waals surface area (Å²) in [6.07, 6.45) is -4.11. The molecule has 0 aliphatic heterocycles. The Bertz CT molecular complexity index is 1080. The molecule has 3 aromatic rings. The van der Waals surface area contributed by atoms with Crippen molar-refractivity contribution in [1.29, 1.82) is 0 Å². The lowest BCUT2D eigenvalue weighted by molar-refractivity contribution is -0.153. The van der Waals surface area contributed by atoms with Crippen LogP contribution in [-0.4, -0.2) is 33.4 Å². The standard InChI is InChI=1S/C19H17ClF3N3O3/c1-3-13-14(24-11-6-4-5-10(20)7-11)8-12-16(29-9-19(21,22)23)15(18(27)28)26(2)17(12)25-13/h4-8,24H,3,9H2,1-2H3,(H,27,28). The van der Waals surface area contributed by atoms with Gasteiger partial charge in [-0.2, -0.15) is 13.2 Å². The van der Waals surface area contributed by atoms with Crippen molar-refractivity contribution in [3.8, 4) is 5.75 Å². The van der Waals surface area contributed by atoms with E-state index in [0.717, 1.165) is 0 Å². The van der Waals surface area contributed by atoms with Crippen molar-refractivity contribution in [3.63, 3.8) is 0 Å². The van der Waals surface area contributed by atoms with Crippen LogP contribution in [0.4, 0.5) is 24.5 Å². The fraction of sp³-hybridized carbons (Fsp3) is 0.263. The molecule has 1 aromatic carbocycles. The number of nitrogens with one attached hydrogen (secondary N) is 1. The first kappa shape index (κ1) is 20.8. The molecule has 10 heteroatoms. The molecule has 2 heterocycles. The largest absolute Gasteiger partial charge is 0.481 e. The number of alkyl halides is 3. The predicted octanol–water partition coefficient (Wildman–Crippen LogP) is 5.17. The molecule has 3 rings (SSSR count). The van der Waals surface area contributed by atoms with Crippen molar-refractivity contribution >= 4 is 40.0 Å². The number of aromatic carboxylic acids is 1. The first-order valence-electron chi connectivity index (χ1n) is 8.58. The maximum Gasteiger partial charge on any atom is 0.422 e. The van der Waals surface area contributed by atoms with Gasteiger partial charge in [0.25, 0.3) is 0 Å². The Balaban J connectivity index is 2.17. The summed E-state index contributed by atoms with van der Waals surface area (Å²) < 4.78 is 44.1. The first-order chi connectivity index (χ1) is 13.6. The van der Waals surface area contributed by atoms with Gasteiger partial charge in [0.2, 0.25) is 0 Å². The number of aryl methyl sites for hydroxylation is 2. The van der Waals surface area contributed by atoms with E-state index in [9.17, 15) is 23.1 Å². The fourth-order valence-electron chi connectivity index (χ4n) is 2.99. The van der Waals surface area contributed by atoms with Crippen molar-refractivity contribution in [2.24, 2.45) is 7.05 Å². The van der Waals surface area contributed by atoms with Crippen LogP contribution in [0.15, 0.2) is 30.3 Å². The summed E-state index contributed by atoms with van der Waals surface area (Å²) in [5.41, 5.74) is 1.59. The second kappa shape index (κ2) is 7.82. The van der Waals surface area contributed by atoms with Gasteiger partial charge in [-0.05, 0) is 30.7 Å². The third-order valence-corrected chi connectivity index (χ3v) is 4.45. The average molecular weight is 428 g/mol. The highest BCUT2D eigenvalue weighted by atomic mass is 35.5. The topological polar surface area (TPSA) is 76.4 Å². The number of ether oxygens (including phenoxy) is 1. The Hall–Kier alpha value is -2.94. The zero-order valence-electron chi connectivity index (χ0n) is 15.5. The number of anilines is 2. The minimum atomic E-state index is -4.61. The molecule has 0 spiro atoms. The second-order valence-electron chi connectivity index (χ2n) is 6.29. The summed E-state index contributed by atoms with van der Waals surface area (Å²) in [6, 6.07) is 8.43. The summed E-state index contributed by atoms with van der Waals surface area (Å²) in [7, 11) is 1.42. The van der Waals surface area contributed by atoms with Crippen molar-refractivity contribution in [1.82, 2.24) is 9.55 Å². The van der Waals surface area contributed by atoms with Crippen molar-refractivity contribution in [3.05, 3.63) is 46.7 Å². The van der Waals surface area contributed by atoms with E-state index in [0.29, 0.717) is 28.5 Å². The summed E-state index contributed by atoms with van der Waals surface area (Å²) in [5.74, 6) is -1.79. The van der Waals surface area contributed by atoms with Gasteiger partial charge in [-0.3, -0.25) is 0 Å². The average Bonchev–Trinajstić information content (AvgIpc) is 2.90. The highest BCUT2D eigenvalue weighted by Gasteiger charge is 2.32. The molecular weight excluding hydrogens is 411 g/mol. The molecule has 6 nitrogen and oxygen atoms in total. The molecule has 2 N–H and O–H groups in total. The van der Waals surface area contributed by atoms with Gasteiger partial charge in [-0.25, -0.2) is 9.78 Å². The minimum absolute atomic E-state index is 0.163. The lowest BCUT2D eigenvalue weighted by Gasteiger charge is -2.12. The van der Waals surface area contributed by atoms with Crippen LogP contribution in [0.5, 0.6) is 5.75 Å². The Kier molecular flexibility index (Phi) is 5.61. The molecular formula is C19H17ClF3N3O3. The molecule has 0 atom stereocenters. The van der Waals surface area contributed by atoms with Crippen LogP contribution < -0.4 is 10.1 Å². The monoisotopic (exact) mass is 427 g/mol. The van der Waals surface area contributed by atoms with Gasteiger partial charge in [0.1, 0.15) is 5.65 Å². The van der Waals surface area contributed by atoms with E-state index in [1.165, 1.54) is 11.6 Å². The van der Waals surface area contributed by atoms with Crippen LogP contribution in [0, 0.1) is 0 Å². The summed E-state index contributed by atoms with van der Waals surface area (Å²) in [5, 5.41) is 13.3. The van der Waals surface area contributed by atoms with Gasteiger partial charge < -0.3 is 19.7 Å². The smallest absolute Gasteiger partial charge is 0.422 e. The number of pyridine rings is 1. The van der Waals surface area contributed by atoms with Gasteiger partial charge in [-0.1, -0.05) is 24.6 Å². The molecule has 0 unspecified atom stereocenters. The van der Waals surface area contributed by atoms with Gasteiger partial charge in [-0.15, -0.1) is 0 Å². The summed E-state index contributed by atoms with van der Waals surface area (Å²) >= 11 is 6.00. The fourth-order valence-corrected chi connectivity index (χ4v) is 3.18. The van der Waals surface area contributed by atoms with Gasteiger partial charge in [0.05, 0.1) is 16.8 Å². The third-order valence-electron chi connectivity index (χ3n) is 4.22. The number of halogens is 4. The van der Waals surface area contributed by atoms with Gasteiger partial charge in [0, 0.05) is 17.8 Å². The number of hydrogen-bond acceptors (Lipinski definition) is 4. The minimum Gasteiger partial charge on any atom is -0.481 e. The Morgan fingerprint density at radius 2 is 2.07 bits per heavy atom. The molecule has 0 amide bonds. The number of fused-ring (bicyclic) bond motifs is 1. The van der Waals surface area contributed by atoms with Crippen LogP contribution in [-0.2, 0) is 13.5 Å². The first-order valence-corrected chi connectivity index (χ1v) is 8.96. The van der Waals surface area contributed by atoms with Crippen LogP contribution in [0.2, 0.25) is 5.02 Å². The van der Waals surface area contributed by atoms with E-state index in [1.807, 2.05) is 6.92 Å². The molecule has 0 bridgehead atoms. The maximum absolute atomic E-state index is 12.7. The third kappa shape index (κ3) is 4.40. The predicted molar refractivity (Wildman–Crippen MR) is 103 cm³/mol. The van der Waals surface area contributed by atoms with E-state index in [4.69, 9.17) is 16.3 Å². The van der Waals surface area contributed by atoms with Crippen molar-refractivity contribution < 1.29 is 27.8 Å². The molecule has 2 aromatic heterocycles. The second-order valence-corrected chi connectivity index (χ2v) is 6.72. The van der Waals surface area contributed by atoms with Crippen molar-refractivity contribution in [2.45, 2.75) is 19.5 Å². The number of carbonyl (C=O) groups is 1. The molecule has 0 aliphatic carbocycles. The van der Waals surface area contributed by atoms with Crippen LogP contribution in [0.3, 0.4) is 0 Å². The molecule has 0 radical (unpaired) electrons. The maximum atomic E-state index is 12.7. The van der Waals surface area contributed by atoms with Crippen molar-refractivity contribution in [2.75, 3.05) is 11.9 Å². The van der Waals surface area contributed by atoms with Crippen LogP contribution in [0.25, 0.3) is 11.0 Å². The normalized spacial score (nSPS) is 11.7. The molecule has 0 saturated carbocycles. The number of rotatable bonds is 6. The summed E-state index contributed by atoms with van der Waals surface area (Å²) in [4.78, 5) is 16.1. The van der Waals surface area contributed by atoms with Crippen LogP contribution >= 0.6 is 11.6 Å². The van der Waals surface area contributed by atoms with Gasteiger partial charge in [0.15, 0.2) is 18.1 Å². The summed E-state index contributed by atoms with van der Waals surface area (Å²) in [6.45, 7) is 0.248. The molecule has 29 heavy (non-hydrogen) atoms. The zero-order chi connectivity index (χ0) is 21.3. The number of aromatic nitrogens is 2. The van der Waals surface area contributed by atoms with Gasteiger partial charge >= 0.3 is 12.1 Å². The Morgan fingerprint density at radius 3 is 2.66 bits per heavy atom. The quantitative estimate of drug-likeness (QED) is 0.567. The Labute approximate surface area is 168 Å². The van der Waals surface area contributed by atoms with E-state index in [2.05, 4.69) is 10.3 Å². The lowest BCUT2D eigenvalue weighted by atomic mass is 10.2. The zero-order valence-corrected chi connectivity index (χ0v) is 16.2. The van der Waals surface area contributed by atoms with E-state index in [1.54, 1.807) is 30.3 Å². The molecule has 0 saturated heterocycles. The SMILES string of the molecule is CCc1nc2c(cc1Nc1cccc(Cl)c1)c(OCC(F)(F)F)c(C(=O)O)n2C. The molecule has 154 valence electrons. The highest BCUT2D eigenvalue weighted by molar-refractivity contribution is 6.30. The van der Waals surface area contributed by atoms with E-state index < -0.39 is 24.4 Å². The molecule has 0 aliphatic rings. The van der Waals surface area contributed by atoms with E-state index >= 15 is 0 Å². The number of nitrogens with zero attached hydrogens (tertiary/aromatic N) is 2. The number of hydrogen-bond donors (Lipinski definition) is 2. The van der Waals surface area contributed by atoms with Crippen LogP contribution in [0.1, 0.15) is 23.1 Å². The number of carboxylic acid groups (broad SMARTS) is 1. The lowest BCUT2D eigenvalue weighted by Crippen LogP contribution is -2.20. The number of benzene rings is 1. The highest BCUT2D eigenvalue weighted by Crippen LogP contribution is 2.36. The number of carboxylic acids is 1.